The first-order chi connectivity index (χ1) is 15.6. The van der Waals surface area contributed by atoms with Gasteiger partial charge in [0.2, 0.25) is 0 Å². The number of carbonyl (C=O) groups is 5. The van der Waals surface area contributed by atoms with Gasteiger partial charge in [-0.25, -0.2) is 4.79 Å². The van der Waals surface area contributed by atoms with Crippen LogP contribution in [0.15, 0.2) is 30.3 Å². The topological polar surface area (TPSA) is 186 Å². The highest BCUT2D eigenvalue weighted by atomic mass is 16.4. The van der Waals surface area contributed by atoms with Gasteiger partial charge < -0.3 is 25.5 Å². The van der Waals surface area contributed by atoms with E-state index in [9.17, 15) is 19.2 Å². The van der Waals surface area contributed by atoms with E-state index < -0.39 is 35.3 Å². The molecule has 1 aromatic carbocycles. The van der Waals surface area contributed by atoms with Gasteiger partial charge in [-0.3, -0.25) is 19.2 Å². The maximum Gasteiger partial charge on any atom is 0.335 e. The maximum atomic E-state index is 10.4. The van der Waals surface area contributed by atoms with Crippen molar-refractivity contribution in [2.24, 2.45) is 11.3 Å². The Hall–Kier alpha value is -3.43. The Bertz CT molecular complexity index is 726. The molecule has 0 saturated heterocycles. The molecular formula is C24H38O10. The lowest BCUT2D eigenvalue weighted by molar-refractivity contribution is -0.146. The minimum absolute atomic E-state index is 0.0289. The van der Waals surface area contributed by atoms with Crippen LogP contribution in [0.5, 0.6) is 0 Å². The lowest BCUT2D eigenvalue weighted by atomic mass is 9.90. The Morgan fingerprint density at radius 3 is 1.35 bits per heavy atom. The summed E-state index contributed by atoms with van der Waals surface area (Å²) in [6, 6.07) is 8.30. The van der Waals surface area contributed by atoms with Crippen molar-refractivity contribution < 1.29 is 49.5 Å². The number of carboxylic acids is 5. The van der Waals surface area contributed by atoms with Crippen LogP contribution in [0.25, 0.3) is 0 Å². The predicted molar refractivity (Wildman–Crippen MR) is 126 cm³/mol. The van der Waals surface area contributed by atoms with Crippen molar-refractivity contribution in [3.8, 4) is 0 Å². The van der Waals surface area contributed by atoms with E-state index in [0.29, 0.717) is 5.56 Å². The molecular weight excluding hydrogens is 448 g/mol. The Kier molecular flexibility index (Phi) is 20.9. The molecule has 0 bridgehead atoms. The zero-order chi connectivity index (χ0) is 27.3. The number of hydrogen-bond acceptors (Lipinski definition) is 5. The third-order valence-electron chi connectivity index (χ3n) is 3.92. The van der Waals surface area contributed by atoms with Gasteiger partial charge in [0.15, 0.2) is 0 Å². The maximum absolute atomic E-state index is 10.4. The van der Waals surface area contributed by atoms with E-state index in [4.69, 9.17) is 30.3 Å². The lowest BCUT2D eigenvalue weighted by Gasteiger charge is -2.16. The van der Waals surface area contributed by atoms with E-state index in [2.05, 4.69) is 0 Å². The molecule has 0 atom stereocenters. The molecule has 0 heterocycles. The van der Waals surface area contributed by atoms with Crippen molar-refractivity contribution in [1.82, 2.24) is 0 Å². The van der Waals surface area contributed by atoms with E-state index >= 15 is 0 Å². The first kappa shape index (κ1) is 35.2. The van der Waals surface area contributed by atoms with Crippen LogP contribution in [-0.4, -0.2) is 55.4 Å². The van der Waals surface area contributed by atoms with Crippen LogP contribution in [-0.2, 0) is 19.2 Å². The van der Waals surface area contributed by atoms with Crippen LogP contribution in [0.1, 0.15) is 83.5 Å². The van der Waals surface area contributed by atoms with Crippen LogP contribution >= 0.6 is 0 Å². The van der Waals surface area contributed by atoms with Gasteiger partial charge in [0.25, 0.3) is 5.97 Å². The summed E-state index contributed by atoms with van der Waals surface area (Å²) in [6.45, 7) is 7.67. The molecule has 1 saturated carbocycles. The molecule has 194 valence electrons. The first-order valence-corrected chi connectivity index (χ1v) is 10.7. The number of aliphatic carboxylic acids is 4. The quantitative estimate of drug-likeness (QED) is 0.400. The zero-order valence-electron chi connectivity index (χ0n) is 20.5. The van der Waals surface area contributed by atoms with Crippen molar-refractivity contribution in [2.45, 2.75) is 73.1 Å². The number of aromatic carboxylic acids is 1. The van der Waals surface area contributed by atoms with Crippen molar-refractivity contribution in [2.75, 3.05) is 0 Å². The van der Waals surface area contributed by atoms with Gasteiger partial charge in [-0.2, -0.15) is 0 Å². The van der Waals surface area contributed by atoms with Crippen LogP contribution in [0.2, 0.25) is 0 Å². The summed E-state index contributed by atoms with van der Waals surface area (Å²) in [5, 5.41) is 40.3. The van der Waals surface area contributed by atoms with Gasteiger partial charge in [0.1, 0.15) is 0 Å². The van der Waals surface area contributed by atoms with Gasteiger partial charge in [-0.05, 0) is 45.7 Å². The Morgan fingerprint density at radius 1 is 0.824 bits per heavy atom. The molecule has 1 aliphatic rings. The fourth-order valence-electron chi connectivity index (χ4n) is 1.93. The number of hydrogen-bond donors (Lipinski definition) is 5. The summed E-state index contributed by atoms with van der Waals surface area (Å²) >= 11 is 0. The summed E-state index contributed by atoms with van der Waals surface area (Å²) in [6.07, 6.45) is 5.46. The smallest absolute Gasteiger partial charge is 0.335 e. The third-order valence-corrected chi connectivity index (χ3v) is 3.92. The molecule has 34 heavy (non-hydrogen) atoms. The molecule has 2 rings (SSSR count). The van der Waals surface area contributed by atoms with Crippen molar-refractivity contribution in [3.63, 3.8) is 0 Å². The summed E-state index contributed by atoms with van der Waals surface area (Å²) in [5.74, 6) is -3.85. The third kappa shape index (κ3) is 26.6. The minimum Gasteiger partial charge on any atom is -0.481 e. The highest BCUT2D eigenvalue weighted by molar-refractivity contribution is 5.87. The summed E-state index contributed by atoms with van der Waals surface area (Å²) in [4.78, 5) is 48.9. The molecule has 0 unspecified atom stereocenters. The molecule has 1 aromatic rings. The fourth-order valence-corrected chi connectivity index (χ4v) is 1.93. The normalized spacial score (nSPS) is 12.3. The average Bonchev–Trinajstić information content (AvgIpc) is 2.75. The number of rotatable bonds is 3. The van der Waals surface area contributed by atoms with E-state index in [0.717, 1.165) is 32.6 Å². The molecule has 5 N–H and O–H groups in total. The van der Waals surface area contributed by atoms with Crippen molar-refractivity contribution in [3.05, 3.63) is 35.9 Å². The molecule has 0 spiro atoms. The van der Waals surface area contributed by atoms with Crippen LogP contribution in [0, 0.1) is 11.3 Å². The molecule has 0 radical (unpaired) electrons. The van der Waals surface area contributed by atoms with Gasteiger partial charge in [0, 0.05) is 13.3 Å². The average molecular weight is 487 g/mol. The fraction of sp³-hybridized carbons (Fsp3) is 0.542. The summed E-state index contributed by atoms with van der Waals surface area (Å²) in [7, 11) is 0. The number of benzene rings is 1. The second-order valence-electron chi connectivity index (χ2n) is 8.17. The van der Waals surface area contributed by atoms with Gasteiger partial charge in [-0.1, -0.05) is 44.4 Å². The molecule has 0 aromatic heterocycles. The molecule has 1 fully saturated rings. The molecule has 10 nitrogen and oxygen atoms in total. The van der Waals surface area contributed by atoms with Gasteiger partial charge in [-0.15, -0.1) is 0 Å². The zero-order valence-corrected chi connectivity index (χ0v) is 20.5. The van der Waals surface area contributed by atoms with E-state index in [1.807, 2.05) is 0 Å². The first-order valence-electron chi connectivity index (χ1n) is 10.7. The highest BCUT2D eigenvalue weighted by Gasteiger charge is 2.19. The minimum atomic E-state index is -0.879. The Labute approximate surface area is 200 Å². The Balaban J connectivity index is -0.000000366. The van der Waals surface area contributed by atoms with Gasteiger partial charge >= 0.3 is 23.9 Å². The Morgan fingerprint density at radius 2 is 1.18 bits per heavy atom. The summed E-state index contributed by atoms with van der Waals surface area (Å²) in [5.41, 5.74) is -0.252. The molecule has 1 aliphatic carbocycles. The van der Waals surface area contributed by atoms with Crippen molar-refractivity contribution >= 4 is 29.8 Å². The van der Waals surface area contributed by atoms with Crippen LogP contribution in [0.4, 0.5) is 0 Å². The van der Waals surface area contributed by atoms with E-state index in [1.54, 1.807) is 58.0 Å². The molecule has 0 amide bonds. The second kappa shape index (κ2) is 20.2. The van der Waals surface area contributed by atoms with Gasteiger partial charge in [0.05, 0.1) is 16.9 Å². The van der Waals surface area contributed by atoms with E-state index in [-0.39, 0.29) is 12.3 Å². The number of carboxylic acid groups (broad SMARTS) is 5. The monoisotopic (exact) mass is 486 g/mol. The predicted octanol–water partition coefficient (Wildman–Crippen LogP) is 4.73. The van der Waals surface area contributed by atoms with Crippen LogP contribution in [0.3, 0.4) is 0 Å². The van der Waals surface area contributed by atoms with Crippen LogP contribution < -0.4 is 0 Å². The standard InChI is InChI=1S/C7H12O2.C7H6O2.C5H10O2.C3H6O2.C2H4O2/c2*8-7(9)6-4-2-1-3-5-6;1-5(2,3)4(6)7;1-2-3(4)5;1-2(3)4/h6H,1-5H2,(H,8,9);1-5H,(H,8,9);1-3H3,(H,6,7);2H2,1H3,(H,4,5);1H3,(H,3,4). The highest BCUT2D eigenvalue weighted by Crippen LogP contribution is 2.23. The van der Waals surface area contributed by atoms with Crippen molar-refractivity contribution in [1.29, 1.82) is 0 Å². The van der Waals surface area contributed by atoms with E-state index in [1.165, 1.54) is 6.42 Å². The largest absolute Gasteiger partial charge is 0.481 e. The molecule has 0 aliphatic heterocycles. The summed E-state index contributed by atoms with van der Waals surface area (Å²) < 4.78 is 0. The second-order valence-corrected chi connectivity index (χ2v) is 8.17. The lowest BCUT2D eigenvalue weighted by Crippen LogP contribution is -2.18. The molecule has 10 heteroatoms. The SMILES string of the molecule is CC(=O)O.CC(C)(C)C(=O)O.CCC(=O)O.O=C(O)C1CCCCC1.O=C(O)c1ccccc1.